The number of thiophene rings is 1. The van der Waals surface area contributed by atoms with Crippen molar-refractivity contribution < 1.29 is 28.2 Å². The fourth-order valence-corrected chi connectivity index (χ4v) is 3.79. The van der Waals surface area contributed by atoms with Crippen molar-refractivity contribution in [3.8, 4) is 11.5 Å². The van der Waals surface area contributed by atoms with Crippen LogP contribution in [-0.4, -0.2) is 32.7 Å². The average Bonchev–Trinajstić information content (AvgIpc) is 3.14. The van der Waals surface area contributed by atoms with Gasteiger partial charge in [0, 0.05) is 10.3 Å². The number of amides is 1. The van der Waals surface area contributed by atoms with Crippen LogP contribution < -0.4 is 14.8 Å². The first-order valence-electron chi connectivity index (χ1n) is 8.78. The first-order chi connectivity index (χ1) is 13.9. The molecule has 1 amide bonds. The van der Waals surface area contributed by atoms with Gasteiger partial charge >= 0.3 is 5.97 Å². The number of carbonyl (C=O) groups is 2. The van der Waals surface area contributed by atoms with Crippen molar-refractivity contribution in [3.63, 3.8) is 0 Å². The number of esters is 1. The molecule has 0 saturated carbocycles. The van der Waals surface area contributed by atoms with Gasteiger partial charge in [-0.1, -0.05) is 0 Å². The quantitative estimate of drug-likeness (QED) is 0.586. The SMILES string of the molecule is COc1ccc(OC)c([C@@H](C)NC(=O)COC(=O)c2cc3cc(F)ccc3s2)c1. The summed E-state index contributed by atoms with van der Waals surface area (Å²) in [6, 6.07) is 10.7. The molecule has 1 atom stereocenters. The van der Waals surface area contributed by atoms with Crippen LogP contribution >= 0.6 is 11.3 Å². The lowest BCUT2D eigenvalue weighted by Gasteiger charge is -2.18. The van der Waals surface area contributed by atoms with Crippen LogP contribution in [0.15, 0.2) is 42.5 Å². The van der Waals surface area contributed by atoms with Gasteiger partial charge in [-0.15, -0.1) is 11.3 Å². The fraction of sp³-hybridized carbons (Fsp3) is 0.238. The van der Waals surface area contributed by atoms with E-state index in [-0.39, 0.29) is 5.82 Å². The summed E-state index contributed by atoms with van der Waals surface area (Å²) in [5, 5.41) is 3.38. The number of fused-ring (bicyclic) bond motifs is 1. The van der Waals surface area contributed by atoms with E-state index in [1.54, 1.807) is 51.5 Å². The molecular formula is C21H20FNO5S. The van der Waals surface area contributed by atoms with Crippen molar-refractivity contribution in [1.29, 1.82) is 0 Å². The monoisotopic (exact) mass is 417 g/mol. The van der Waals surface area contributed by atoms with Crippen molar-refractivity contribution in [2.75, 3.05) is 20.8 Å². The predicted molar refractivity (Wildman–Crippen MR) is 108 cm³/mol. The molecular weight excluding hydrogens is 397 g/mol. The Balaban J connectivity index is 1.61. The Morgan fingerprint density at radius 2 is 1.90 bits per heavy atom. The van der Waals surface area contributed by atoms with Crippen LogP contribution in [0.2, 0.25) is 0 Å². The summed E-state index contributed by atoms with van der Waals surface area (Å²) in [5.74, 6) is -0.226. The zero-order chi connectivity index (χ0) is 21.0. The van der Waals surface area contributed by atoms with Gasteiger partial charge in [0.05, 0.1) is 20.3 Å². The van der Waals surface area contributed by atoms with Crippen LogP contribution in [0.25, 0.3) is 10.1 Å². The van der Waals surface area contributed by atoms with Crippen molar-refractivity contribution in [1.82, 2.24) is 5.32 Å². The topological polar surface area (TPSA) is 73.9 Å². The maximum Gasteiger partial charge on any atom is 0.348 e. The van der Waals surface area contributed by atoms with Gasteiger partial charge in [0.25, 0.3) is 5.91 Å². The molecule has 152 valence electrons. The number of hydrogen-bond acceptors (Lipinski definition) is 6. The van der Waals surface area contributed by atoms with E-state index in [1.807, 2.05) is 0 Å². The number of carbonyl (C=O) groups excluding carboxylic acids is 2. The summed E-state index contributed by atoms with van der Waals surface area (Å²) in [4.78, 5) is 24.8. The van der Waals surface area contributed by atoms with E-state index in [1.165, 1.54) is 23.5 Å². The van der Waals surface area contributed by atoms with Gasteiger partial charge in [-0.05, 0) is 54.8 Å². The Morgan fingerprint density at radius 3 is 2.62 bits per heavy atom. The molecule has 0 aliphatic heterocycles. The lowest BCUT2D eigenvalue weighted by atomic mass is 10.1. The third kappa shape index (κ3) is 4.83. The van der Waals surface area contributed by atoms with Crippen LogP contribution in [0, 0.1) is 5.82 Å². The Morgan fingerprint density at radius 1 is 1.10 bits per heavy atom. The van der Waals surface area contributed by atoms with Gasteiger partial charge in [0.1, 0.15) is 22.2 Å². The first-order valence-corrected chi connectivity index (χ1v) is 9.60. The standard InChI is InChI=1S/C21H20FNO5S/c1-12(16-10-15(26-2)5-6-17(16)27-3)23-20(24)11-28-21(25)19-9-13-8-14(22)4-7-18(13)29-19/h4-10,12H,11H2,1-3H3,(H,23,24)/t12-/m1/s1. The van der Waals surface area contributed by atoms with Crippen LogP contribution in [0.4, 0.5) is 4.39 Å². The Kier molecular flexibility index (Phi) is 6.33. The normalized spacial score (nSPS) is 11.7. The Hall–Kier alpha value is -3.13. The minimum absolute atomic E-state index is 0.306. The fourth-order valence-electron chi connectivity index (χ4n) is 2.86. The Bertz CT molecular complexity index is 1050. The zero-order valence-corrected chi connectivity index (χ0v) is 17.0. The smallest absolute Gasteiger partial charge is 0.348 e. The molecule has 0 fully saturated rings. The van der Waals surface area contributed by atoms with Gasteiger partial charge in [0.15, 0.2) is 6.61 Å². The number of hydrogen-bond donors (Lipinski definition) is 1. The van der Waals surface area contributed by atoms with E-state index in [2.05, 4.69) is 5.32 Å². The van der Waals surface area contributed by atoms with Crippen molar-refractivity contribution in [2.24, 2.45) is 0 Å². The number of methoxy groups -OCH3 is 2. The van der Waals surface area contributed by atoms with Gasteiger partial charge < -0.3 is 19.5 Å². The third-order valence-corrected chi connectivity index (χ3v) is 5.39. The van der Waals surface area contributed by atoms with Crippen molar-refractivity contribution in [3.05, 3.63) is 58.7 Å². The Labute approximate surface area is 171 Å². The predicted octanol–water partition coefficient (Wildman–Crippen LogP) is 4.09. The number of benzene rings is 2. The van der Waals surface area contributed by atoms with E-state index in [0.29, 0.717) is 21.8 Å². The highest BCUT2D eigenvalue weighted by Gasteiger charge is 2.18. The first kappa shape index (κ1) is 20.6. The maximum atomic E-state index is 13.3. The molecule has 0 saturated heterocycles. The van der Waals surface area contributed by atoms with Crippen molar-refractivity contribution >= 4 is 33.3 Å². The summed E-state index contributed by atoms with van der Waals surface area (Å²) >= 11 is 1.18. The highest BCUT2D eigenvalue weighted by Crippen LogP contribution is 2.29. The second-order valence-corrected chi connectivity index (χ2v) is 7.35. The molecule has 6 nitrogen and oxygen atoms in total. The summed E-state index contributed by atoms with van der Waals surface area (Å²) in [6.45, 7) is 1.36. The highest BCUT2D eigenvalue weighted by molar-refractivity contribution is 7.20. The molecule has 0 aliphatic rings. The zero-order valence-electron chi connectivity index (χ0n) is 16.2. The summed E-state index contributed by atoms with van der Waals surface area (Å²) in [5.41, 5.74) is 0.734. The summed E-state index contributed by atoms with van der Waals surface area (Å²) in [6.07, 6.45) is 0. The van der Waals surface area contributed by atoms with Gasteiger partial charge in [-0.25, -0.2) is 9.18 Å². The molecule has 1 N–H and O–H groups in total. The molecule has 0 unspecified atom stereocenters. The van der Waals surface area contributed by atoms with Crippen LogP contribution in [0.1, 0.15) is 28.2 Å². The second-order valence-electron chi connectivity index (χ2n) is 6.27. The molecule has 1 heterocycles. The van der Waals surface area contributed by atoms with Gasteiger partial charge in [0.2, 0.25) is 0 Å². The molecule has 2 aromatic carbocycles. The second kappa shape index (κ2) is 8.91. The van der Waals surface area contributed by atoms with E-state index in [9.17, 15) is 14.0 Å². The van der Waals surface area contributed by atoms with E-state index < -0.39 is 24.5 Å². The number of nitrogens with one attached hydrogen (secondary N) is 1. The average molecular weight is 417 g/mol. The van der Waals surface area contributed by atoms with Gasteiger partial charge in [-0.3, -0.25) is 4.79 Å². The third-order valence-electron chi connectivity index (χ3n) is 4.29. The molecule has 8 heteroatoms. The number of halogens is 1. The molecule has 3 aromatic rings. The molecule has 0 aliphatic carbocycles. The molecule has 1 aromatic heterocycles. The number of ether oxygens (including phenoxy) is 3. The van der Waals surface area contributed by atoms with Crippen LogP contribution in [-0.2, 0) is 9.53 Å². The lowest BCUT2D eigenvalue weighted by molar-refractivity contribution is -0.124. The molecule has 0 spiro atoms. The number of rotatable bonds is 7. The minimum Gasteiger partial charge on any atom is -0.497 e. The molecule has 29 heavy (non-hydrogen) atoms. The molecule has 0 radical (unpaired) electrons. The largest absolute Gasteiger partial charge is 0.497 e. The van der Waals surface area contributed by atoms with Gasteiger partial charge in [-0.2, -0.15) is 0 Å². The van der Waals surface area contributed by atoms with E-state index in [4.69, 9.17) is 14.2 Å². The van der Waals surface area contributed by atoms with Crippen LogP contribution in [0.3, 0.4) is 0 Å². The van der Waals surface area contributed by atoms with E-state index in [0.717, 1.165) is 10.3 Å². The molecule has 0 bridgehead atoms. The lowest BCUT2D eigenvalue weighted by Crippen LogP contribution is -2.31. The van der Waals surface area contributed by atoms with E-state index >= 15 is 0 Å². The summed E-state index contributed by atoms with van der Waals surface area (Å²) < 4.78 is 29.7. The molecule has 3 rings (SSSR count). The van der Waals surface area contributed by atoms with Crippen LogP contribution in [0.5, 0.6) is 11.5 Å². The minimum atomic E-state index is -0.631. The summed E-state index contributed by atoms with van der Waals surface area (Å²) in [7, 11) is 3.09. The maximum absolute atomic E-state index is 13.3. The van der Waals surface area contributed by atoms with Crippen molar-refractivity contribution in [2.45, 2.75) is 13.0 Å². The highest BCUT2D eigenvalue weighted by atomic mass is 32.1.